The van der Waals surface area contributed by atoms with Gasteiger partial charge in [0.15, 0.2) is 6.29 Å². The lowest BCUT2D eigenvalue weighted by Gasteiger charge is -2.33. The number of piperidine rings is 1. The number of anilines is 1. The molecule has 126 valence electrons. The maximum absolute atomic E-state index is 11.5. The Kier molecular flexibility index (Phi) is 4.29. The van der Waals surface area contributed by atoms with E-state index in [4.69, 9.17) is 0 Å². The first-order valence-corrected chi connectivity index (χ1v) is 8.60. The predicted octanol–water partition coefficient (Wildman–Crippen LogP) is 3.67. The highest BCUT2D eigenvalue weighted by Gasteiger charge is 2.24. The van der Waals surface area contributed by atoms with Gasteiger partial charge in [0.25, 0.3) is 0 Å². The van der Waals surface area contributed by atoms with Crippen molar-refractivity contribution in [2.24, 2.45) is 0 Å². The molecule has 0 bridgehead atoms. The van der Waals surface area contributed by atoms with E-state index < -0.39 is 0 Å². The third-order valence-corrected chi connectivity index (χ3v) is 4.86. The molecule has 2 aromatic heterocycles. The summed E-state index contributed by atoms with van der Waals surface area (Å²) in [6, 6.07) is 11.8. The van der Waals surface area contributed by atoms with Gasteiger partial charge in [0, 0.05) is 54.4 Å². The summed E-state index contributed by atoms with van der Waals surface area (Å²) in [6.45, 7) is 1.83. The molecule has 1 aliphatic rings. The van der Waals surface area contributed by atoms with E-state index in [-0.39, 0.29) is 0 Å². The van der Waals surface area contributed by atoms with Gasteiger partial charge in [0.05, 0.1) is 5.69 Å². The molecule has 1 aromatic carbocycles. The SMILES string of the molecule is O=Cc1ccc(-c2ccccn2)cc1N1CCC(c2ncc[nH]2)CC1. The van der Waals surface area contributed by atoms with E-state index in [0.29, 0.717) is 5.92 Å². The Balaban J connectivity index is 1.58. The zero-order valence-corrected chi connectivity index (χ0v) is 13.9. The molecule has 5 heteroatoms. The molecule has 0 amide bonds. The summed E-state index contributed by atoms with van der Waals surface area (Å²) >= 11 is 0. The number of H-pyrrole nitrogens is 1. The molecule has 1 saturated heterocycles. The van der Waals surface area contributed by atoms with Gasteiger partial charge in [-0.2, -0.15) is 0 Å². The second-order valence-electron chi connectivity index (χ2n) is 6.34. The number of aromatic nitrogens is 3. The Bertz CT molecular complexity index is 837. The molecule has 0 radical (unpaired) electrons. The van der Waals surface area contributed by atoms with Crippen LogP contribution < -0.4 is 4.90 Å². The Morgan fingerprint density at radius 2 is 1.96 bits per heavy atom. The lowest BCUT2D eigenvalue weighted by molar-refractivity contribution is 0.112. The van der Waals surface area contributed by atoms with Gasteiger partial charge in [-0.1, -0.05) is 12.1 Å². The number of nitrogens with zero attached hydrogens (tertiary/aromatic N) is 3. The van der Waals surface area contributed by atoms with Gasteiger partial charge in [-0.15, -0.1) is 0 Å². The molecule has 1 aliphatic heterocycles. The van der Waals surface area contributed by atoms with Crippen LogP contribution in [-0.2, 0) is 0 Å². The normalized spacial score (nSPS) is 15.3. The van der Waals surface area contributed by atoms with Gasteiger partial charge in [-0.05, 0) is 37.1 Å². The van der Waals surface area contributed by atoms with Crippen LogP contribution in [0.1, 0.15) is 34.9 Å². The van der Waals surface area contributed by atoms with Crippen molar-refractivity contribution in [2.75, 3.05) is 18.0 Å². The molecule has 3 heterocycles. The van der Waals surface area contributed by atoms with Crippen molar-refractivity contribution in [3.63, 3.8) is 0 Å². The Labute approximate surface area is 146 Å². The van der Waals surface area contributed by atoms with E-state index in [1.807, 2.05) is 42.7 Å². The van der Waals surface area contributed by atoms with Gasteiger partial charge < -0.3 is 9.88 Å². The Hall–Kier alpha value is -2.95. The highest BCUT2D eigenvalue weighted by atomic mass is 16.1. The molecule has 25 heavy (non-hydrogen) atoms. The summed E-state index contributed by atoms with van der Waals surface area (Å²) in [4.78, 5) is 25.8. The van der Waals surface area contributed by atoms with Crippen LogP contribution in [0.15, 0.2) is 55.0 Å². The summed E-state index contributed by atoms with van der Waals surface area (Å²) < 4.78 is 0. The average Bonchev–Trinajstić information content (AvgIpc) is 3.23. The predicted molar refractivity (Wildman–Crippen MR) is 97.8 cm³/mol. The summed E-state index contributed by atoms with van der Waals surface area (Å²) in [5.41, 5.74) is 3.69. The first-order valence-electron chi connectivity index (χ1n) is 8.60. The second-order valence-corrected chi connectivity index (χ2v) is 6.34. The van der Waals surface area contributed by atoms with Crippen LogP contribution >= 0.6 is 0 Å². The number of nitrogens with one attached hydrogen (secondary N) is 1. The van der Waals surface area contributed by atoms with E-state index in [1.54, 1.807) is 6.20 Å². The van der Waals surface area contributed by atoms with E-state index in [0.717, 1.165) is 60.5 Å². The lowest BCUT2D eigenvalue weighted by atomic mass is 9.95. The van der Waals surface area contributed by atoms with Crippen molar-refractivity contribution in [1.29, 1.82) is 0 Å². The zero-order chi connectivity index (χ0) is 17.1. The highest BCUT2D eigenvalue weighted by molar-refractivity contribution is 5.87. The molecule has 0 spiro atoms. The molecule has 0 unspecified atom stereocenters. The Morgan fingerprint density at radius 1 is 1.08 bits per heavy atom. The van der Waals surface area contributed by atoms with Gasteiger partial charge >= 0.3 is 0 Å². The van der Waals surface area contributed by atoms with Crippen LogP contribution in [-0.4, -0.2) is 34.3 Å². The van der Waals surface area contributed by atoms with Crippen molar-refractivity contribution in [3.8, 4) is 11.3 Å². The van der Waals surface area contributed by atoms with Crippen LogP contribution in [0.3, 0.4) is 0 Å². The van der Waals surface area contributed by atoms with Gasteiger partial charge in [-0.25, -0.2) is 4.98 Å². The van der Waals surface area contributed by atoms with Crippen LogP contribution in [0.25, 0.3) is 11.3 Å². The second kappa shape index (κ2) is 6.89. The van der Waals surface area contributed by atoms with Gasteiger partial charge in [-0.3, -0.25) is 9.78 Å². The minimum atomic E-state index is 0.463. The first kappa shape index (κ1) is 15.6. The van der Waals surface area contributed by atoms with E-state index in [2.05, 4.69) is 25.9 Å². The fourth-order valence-electron chi connectivity index (χ4n) is 3.50. The molecule has 0 saturated carbocycles. The average molecular weight is 332 g/mol. The molecular formula is C20H20N4O. The first-order chi connectivity index (χ1) is 12.3. The van der Waals surface area contributed by atoms with Crippen molar-refractivity contribution >= 4 is 12.0 Å². The summed E-state index contributed by atoms with van der Waals surface area (Å²) in [5.74, 6) is 1.53. The number of aromatic amines is 1. The van der Waals surface area contributed by atoms with Gasteiger partial charge in [0.1, 0.15) is 5.82 Å². The fourth-order valence-corrected chi connectivity index (χ4v) is 3.50. The summed E-state index contributed by atoms with van der Waals surface area (Å²) in [6.07, 6.45) is 8.47. The summed E-state index contributed by atoms with van der Waals surface area (Å²) in [5, 5.41) is 0. The molecular weight excluding hydrogens is 312 g/mol. The smallest absolute Gasteiger partial charge is 0.152 e. The summed E-state index contributed by atoms with van der Waals surface area (Å²) in [7, 11) is 0. The van der Waals surface area contributed by atoms with Crippen LogP contribution in [0.5, 0.6) is 0 Å². The maximum atomic E-state index is 11.5. The molecule has 0 atom stereocenters. The molecule has 1 N–H and O–H groups in total. The standard InChI is InChI=1S/C20H20N4O/c25-14-17-5-4-16(18-3-1-2-8-21-18)13-19(17)24-11-6-15(7-12-24)20-22-9-10-23-20/h1-5,8-10,13-15H,6-7,11-12H2,(H,22,23). The molecule has 0 aliphatic carbocycles. The molecule has 3 aromatic rings. The number of benzene rings is 1. The number of carbonyl (C=O) groups is 1. The highest BCUT2D eigenvalue weighted by Crippen LogP contribution is 2.32. The Morgan fingerprint density at radius 3 is 2.64 bits per heavy atom. The molecule has 4 rings (SSSR count). The lowest BCUT2D eigenvalue weighted by Crippen LogP contribution is -2.33. The van der Waals surface area contributed by atoms with Crippen molar-refractivity contribution in [1.82, 2.24) is 15.0 Å². The number of carbonyl (C=O) groups excluding carboxylic acids is 1. The number of hydrogen-bond donors (Lipinski definition) is 1. The quantitative estimate of drug-likeness (QED) is 0.741. The largest absolute Gasteiger partial charge is 0.371 e. The number of hydrogen-bond acceptors (Lipinski definition) is 4. The third kappa shape index (κ3) is 3.18. The fraction of sp³-hybridized carbons (Fsp3) is 0.250. The number of imidazole rings is 1. The molecule has 1 fully saturated rings. The van der Waals surface area contributed by atoms with Crippen molar-refractivity contribution in [2.45, 2.75) is 18.8 Å². The monoisotopic (exact) mass is 332 g/mol. The minimum absolute atomic E-state index is 0.463. The van der Waals surface area contributed by atoms with E-state index >= 15 is 0 Å². The van der Waals surface area contributed by atoms with Crippen molar-refractivity contribution < 1.29 is 4.79 Å². The van der Waals surface area contributed by atoms with Crippen LogP contribution in [0, 0.1) is 0 Å². The van der Waals surface area contributed by atoms with Crippen molar-refractivity contribution in [3.05, 3.63) is 66.4 Å². The number of aldehydes is 1. The zero-order valence-electron chi connectivity index (χ0n) is 13.9. The number of pyridine rings is 1. The van der Waals surface area contributed by atoms with Crippen LogP contribution in [0.2, 0.25) is 0 Å². The number of rotatable bonds is 4. The van der Waals surface area contributed by atoms with Gasteiger partial charge in [0.2, 0.25) is 0 Å². The van der Waals surface area contributed by atoms with E-state index in [9.17, 15) is 4.79 Å². The molecule has 5 nitrogen and oxygen atoms in total. The van der Waals surface area contributed by atoms with E-state index in [1.165, 1.54) is 0 Å². The maximum Gasteiger partial charge on any atom is 0.152 e. The third-order valence-electron chi connectivity index (χ3n) is 4.86. The topological polar surface area (TPSA) is 61.9 Å². The van der Waals surface area contributed by atoms with Crippen LogP contribution in [0.4, 0.5) is 5.69 Å². The minimum Gasteiger partial charge on any atom is -0.371 e.